The van der Waals surface area contributed by atoms with Gasteiger partial charge in [-0.1, -0.05) is 66.2 Å². The van der Waals surface area contributed by atoms with E-state index in [1.165, 1.54) is 0 Å². The molecule has 4 rings (SSSR count). The molecular weight excluding hydrogens is 384 g/mol. The first-order chi connectivity index (χ1) is 14.1. The van der Waals surface area contributed by atoms with Crippen LogP contribution in [-0.2, 0) is 0 Å². The minimum absolute atomic E-state index is 0.169. The molecule has 0 unspecified atom stereocenters. The summed E-state index contributed by atoms with van der Waals surface area (Å²) in [4.78, 5) is 17.4. The highest BCUT2D eigenvalue weighted by Gasteiger charge is 2.18. The van der Waals surface area contributed by atoms with E-state index in [1.54, 1.807) is 12.3 Å². The van der Waals surface area contributed by atoms with E-state index >= 15 is 0 Å². The van der Waals surface area contributed by atoms with Crippen molar-refractivity contribution in [2.24, 2.45) is 0 Å². The molecule has 1 N–H and O–H groups in total. The molecule has 144 valence electrons. The van der Waals surface area contributed by atoms with Crippen LogP contribution in [0.3, 0.4) is 0 Å². The number of carbonyl (C=O) groups excluding carboxylic acids is 1. The highest BCUT2D eigenvalue weighted by Crippen LogP contribution is 2.28. The third-order valence-electron chi connectivity index (χ3n) is 4.68. The van der Waals surface area contributed by atoms with Gasteiger partial charge in [-0.3, -0.25) is 4.79 Å². The molecule has 1 heterocycles. The Bertz CT molecular complexity index is 1120. The van der Waals surface area contributed by atoms with Crippen molar-refractivity contribution in [3.05, 3.63) is 101 Å². The second-order valence-corrected chi connectivity index (χ2v) is 7.12. The van der Waals surface area contributed by atoms with Gasteiger partial charge in [0, 0.05) is 16.1 Å². The Morgan fingerprint density at radius 1 is 0.966 bits per heavy atom. The van der Waals surface area contributed by atoms with Crippen LogP contribution in [0.5, 0.6) is 0 Å². The normalized spacial score (nSPS) is 11.8. The van der Waals surface area contributed by atoms with Gasteiger partial charge in [-0.15, -0.1) is 0 Å². The quantitative estimate of drug-likeness (QED) is 0.435. The number of rotatable bonds is 5. The van der Waals surface area contributed by atoms with Crippen LogP contribution >= 0.6 is 11.6 Å². The standard InChI is InChI=1S/C24H19ClN2O2/c1-16(17-11-13-19(25)14-12-17)27-23(28)20-9-5-6-10-21(20)24-26-15-22(29-24)18-7-3-2-4-8-18/h2-16H,1H3,(H,27,28)/t16-/m0/s1. The average molecular weight is 403 g/mol. The molecular formula is C24H19ClN2O2. The summed E-state index contributed by atoms with van der Waals surface area (Å²) < 4.78 is 5.94. The van der Waals surface area contributed by atoms with Gasteiger partial charge in [-0.2, -0.15) is 0 Å². The van der Waals surface area contributed by atoms with Crippen LogP contribution < -0.4 is 5.32 Å². The van der Waals surface area contributed by atoms with E-state index in [0.717, 1.165) is 11.1 Å². The van der Waals surface area contributed by atoms with Gasteiger partial charge in [0.05, 0.1) is 17.8 Å². The van der Waals surface area contributed by atoms with Crippen molar-refractivity contribution < 1.29 is 9.21 Å². The molecule has 0 spiro atoms. The Hall–Kier alpha value is -3.37. The molecule has 0 aliphatic heterocycles. The summed E-state index contributed by atoms with van der Waals surface area (Å²) in [5.74, 6) is 0.876. The van der Waals surface area contributed by atoms with Gasteiger partial charge in [-0.25, -0.2) is 4.98 Å². The Morgan fingerprint density at radius 2 is 1.66 bits per heavy atom. The van der Waals surface area contributed by atoms with E-state index in [1.807, 2.05) is 79.7 Å². The Kier molecular flexibility index (Phi) is 5.45. The smallest absolute Gasteiger partial charge is 0.252 e. The molecule has 1 aromatic heterocycles. The number of nitrogens with zero attached hydrogens (tertiary/aromatic N) is 1. The zero-order valence-electron chi connectivity index (χ0n) is 15.8. The molecule has 5 heteroatoms. The first-order valence-corrected chi connectivity index (χ1v) is 9.66. The lowest BCUT2D eigenvalue weighted by atomic mass is 10.0. The molecule has 0 aliphatic rings. The van der Waals surface area contributed by atoms with Gasteiger partial charge < -0.3 is 9.73 Å². The number of amides is 1. The number of hydrogen-bond acceptors (Lipinski definition) is 3. The van der Waals surface area contributed by atoms with E-state index in [-0.39, 0.29) is 11.9 Å². The molecule has 0 fully saturated rings. The maximum absolute atomic E-state index is 13.0. The number of benzene rings is 3. The Morgan fingerprint density at radius 3 is 2.41 bits per heavy atom. The molecule has 3 aromatic carbocycles. The van der Waals surface area contributed by atoms with Crippen molar-refractivity contribution >= 4 is 17.5 Å². The molecule has 0 saturated carbocycles. The maximum atomic E-state index is 13.0. The SMILES string of the molecule is C[C@H](NC(=O)c1ccccc1-c1ncc(-c2ccccc2)o1)c1ccc(Cl)cc1. The topological polar surface area (TPSA) is 55.1 Å². The van der Waals surface area contributed by atoms with E-state index < -0.39 is 0 Å². The Labute approximate surface area is 174 Å². The van der Waals surface area contributed by atoms with Crippen LogP contribution in [-0.4, -0.2) is 10.9 Å². The maximum Gasteiger partial charge on any atom is 0.252 e. The molecule has 0 saturated heterocycles. The fourth-order valence-electron chi connectivity index (χ4n) is 3.11. The zero-order chi connectivity index (χ0) is 20.2. The van der Waals surface area contributed by atoms with E-state index in [9.17, 15) is 4.79 Å². The summed E-state index contributed by atoms with van der Waals surface area (Å²) in [6.07, 6.45) is 1.68. The largest absolute Gasteiger partial charge is 0.436 e. The molecule has 0 radical (unpaired) electrons. The van der Waals surface area contributed by atoms with Crippen molar-refractivity contribution in [1.29, 1.82) is 0 Å². The third kappa shape index (κ3) is 4.23. The van der Waals surface area contributed by atoms with Crippen molar-refractivity contribution in [2.75, 3.05) is 0 Å². The van der Waals surface area contributed by atoms with Crippen LogP contribution in [0.4, 0.5) is 0 Å². The average Bonchev–Trinajstić information content (AvgIpc) is 3.25. The number of oxazole rings is 1. The fraction of sp³-hybridized carbons (Fsp3) is 0.0833. The number of halogens is 1. The van der Waals surface area contributed by atoms with Crippen LogP contribution in [0.15, 0.2) is 89.5 Å². The van der Waals surface area contributed by atoms with Crippen molar-refractivity contribution in [3.8, 4) is 22.8 Å². The zero-order valence-corrected chi connectivity index (χ0v) is 16.6. The molecule has 1 atom stereocenters. The molecule has 1 amide bonds. The van der Waals surface area contributed by atoms with Crippen LogP contribution in [0, 0.1) is 0 Å². The monoisotopic (exact) mass is 402 g/mol. The molecule has 0 aliphatic carbocycles. The predicted molar refractivity (Wildman–Crippen MR) is 115 cm³/mol. The number of hydrogen-bond donors (Lipinski definition) is 1. The van der Waals surface area contributed by atoms with Crippen molar-refractivity contribution in [1.82, 2.24) is 10.3 Å². The lowest BCUT2D eigenvalue weighted by Gasteiger charge is -2.15. The Balaban J connectivity index is 1.59. The minimum Gasteiger partial charge on any atom is -0.436 e. The third-order valence-corrected chi connectivity index (χ3v) is 4.94. The summed E-state index contributed by atoms with van der Waals surface area (Å²) in [6.45, 7) is 1.93. The number of nitrogens with one attached hydrogen (secondary N) is 1. The summed E-state index contributed by atoms with van der Waals surface area (Å²) >= 11 is 5.95. The van der Waals surface area contributed by atoms with E-state index in [0.29, 0.717) is 27.8 Å². The number of aromatic nitrogens is 1. The van der Waals surface area contributed by atoms with Gasteiger partial charge in [0.25, 0.3) is 5.91 Å². The molecule has 4 nitrogen and oxygen atoms in total. The van der Waals surface area contributed by atoms with Crippen molar-refractivity contribution in [2.45, 2.75) is 13.0 Å². The van der Waals surface area contributed by atoms with Gasteiger partial charge in [0.15, 0.2) is 5.76 Å². The van der Waals surface area contributed by atoms with Gasteiger partial charge in [0.1, 0.15) is 0 Å². The van der Waals surface area contributed by atoms with Gasteiger partial charge >= 0.3 is 0 Å². The van der Waals surface area contributed by atoms with Crippen LogP contribution in [0.25, 0.3) is 22.8 Å². The first kappa shape index (κ1) is 19.0. The van der Waals surface area contributed by atoms with Crippen molar-refractivity contribution in [3.63, 3.8) is 0 Å². The fourth-order valence-corrected chi connectivity index (χ4v) is 3.24. The van der Waals surface area contributed by atoms with Crippen LogP contribution in [0.2, 0.25) is 5.02 Å². The first-order valence-electron chi connectivity index (χ1n) is 9.29. The predicted octanol–water partition coefficient (Wildman–Crippen LogP) is 6.15. The van der Waals surface area contributed by atoms with Gasteiger partial charge in [0.2, 0.25) is 5.89 Å². The minimum atomic E-state index is -0.192. The van der Waals surface area contributed by atoms with Crippen LogP contribution in [0.1, 0.15) is 28.9 Å². The summed E-state index contributed by atoms with van der Waals surface area (Å²) in [5.41, 5.74) is 3.07. The molecule has 4 aromatic rings. The summed E-state index contributed by atoms with van der Waals surface area (Å²) in [6, 6.07) is 24.3. The molecule has 29 heavy (non-hydrogen) atoms. The molecule has 0 bridgehead atoms. The lowest BCUT2D eigenvalue weighted by Crippen LogP contribution is -2.27. The second-order valence-electron chi connectivity index (χ2n) is 6.69. The van der Waals surface area contributed by atoms with E-state index in [4.69, 9.17) is 16.0 Å². The summed E-state index contributed by atoms with van der Waals surface area (Å²) in [7, 11) is 0. The van der Waals surface area contributed by atoms with Gasteiger partial charge in [-0.05, 0) is 36.8 Å². The highest BCUT2D eigenvalue weighted by molar-refractivity contribution is 6.30. The summed E-state index contributed by atoms with van der Waals surface area (Å²) in [5, 5.41) is 3.69. The lowest BCUT2D eigenvalue weighted by molar-refractivity contribution is 0.0940. The van der Waals surface area contributed by atoms with E-state index in [2.05, 4.69) is 10.3 Å². The second kappa shape index (κ2) is 8.33. The number of carbonyl (C=O) groups is 1. The highest BCUT2D eigenvalue weighted by atomic mass is 35.5.